The van der Waals surface area contributed by atoms with Crippen LogP contribution in [0.15, 0.2) is 47.3 Å². The highest BCUT2D eigenvalue weighted by molar-refractivity contribution is 6.35. The molecule has 3 rings (SSSR count). The third kappa shape index (κ3) is 7.23. The van der Waals surface area contributed by atoms with Crippen LogP contribution in [0.25, 0.3) is 16.6 Å². The number of fused-ring (bicyclic) bond motifs is 1. The van der Waals surface area contributed by atoms with E-state index < -0.39 is 34.9 Å². The monoisotopic (exact) mass is 543 g/mol. The van der Waals surface area contributed by atoms with E-state index in [-0.39, 0.29) is 22.8 Å². The van der Waals surface area contributed by atoms with Gasteiger partial charge in [-0.3, -0.25) is 9.36 Å². The first-order valence-electron chi connectivity index (χ1n) is 12.2. The molecule has 1 atom stereocenters. The summed E-state index contributed by atoms with van der Waals surface area (Å²) in [6, 6.07) is 10.5. The zero-order valence-corrected chi connectivity index (χ0v) is 23.1. The van der Waals surface area contributed by atoms with Crippen molar-refractivity contribution in [2.45, 2.75) is 65.1 Å². The fraction of sp³-hybridized carbons (Fsp3) is 0.407. The second-order valence-electron chi connectivity index (χ2n) is 10.6. The molecule has 11 heteroatoms. The summed E-state index contributed by atoms with van der Waals surface area (Å²) in [6.07, 6.45) is -0.278. The number of rotatable bonds is 7. The number of hydrogen-bond acceptors (Lipinski definition) is 6. The Kier molecular flexibility index (Phi) is 8.68. The maximum absolute atomic E-state index is 13.8. The maximum atomic E-state index is 13.8. The first kappa shape index (κ1) is 28.9. The van der Waals surface area contributed by atoms with Crippen LogP contribution in [0.3, 0.4) is 0 Å². The summed E-state index contributed by atoms with van der Waals surface area (Å²) >= 11 is 6.37. The van der Waals surface area contributed by atoms with Gasteiger partial charge >= 0.3 is 12.1 Å². The predicted molar refractivity (Wildman–Crippen MR) is 148 cm³/mol. The molecular formula is C27H34ClN5O5. The van der Waals surface area contributed by atoms with Crippen LogP contribution in [0.4, 0.5) is 15.3 Å². The van der Waals surface area contributed by atoms with Crippen molar-refractivity contribution < 1.29 is 19.4 Å². The number of anilines is 1. The van der Waals surface area contributed by atoms with E-state index in [9.17, 15) is 19.5 Å². The van der Waals surface area contributed by atoms with Gasteiger partial charge in [0.25, 0.3) is 5.56 Å². The van der Waals surface area contributed by atoms with Crippen LogP contribution in [0.2, 0.25) is 5.02 Å². The summed E-state index contributed by atoms with van der Waals surface area (Å²) < 4.78 is 6.73. The zero-order chi connectivity index (χ0) is 28.3. The van der Waals surface area contributed by atoms with Gasteiger partial charge in [0, 0.05) is 17.8 Å². The average Bonchev–Trinajstić information content (AvgIpc) is 2.77. The first-order valence-corrected chi connectivity index (χ1v) is 12.6. The van der Waals surface area contributed by atoms with Gasteiger partial charge in [-0.15, -0.1) is 0 Å². The van der Waals surface area contributed by atoms with Crippen LogP contribution < -0.4 is 21.5 Å². The van der Waals surface area contributed by atoms with E-state index in [0.717, 1.165) is 0 Å². The molecule has 0 spiro atoms. The first-order chi connectivity index (χ1) is 17.7. The molecule has 0 saturated heterocycles. The lowest BCUT2D eigenvalue weighted by molar-refractivity contribution is 0.0505. The third-order valence-corrected chi connectivity index (χ3v) is 5.86. The van der Waals surface area contributed by atoms with Crippen molar-refractivity contribution in [3.8, 4) is 5.69 Å². The quantitative estimate of drug-likeness (QED) is 0.334. The van der Waals surface area contributed by atoms with Crippen molar-refractivity contribution in [1.82, 2.24) is 20.2 Å². The van der Waals surface area contributed by atoms with Gasteiger partial charge in [0.2, 0.25) is 0 Å². The molecule has 0 bridgehead atoms. The molecule has 204 valence electrons. The summed E-state index contributed by atoms with van der Waals surface area (Å²) in [4.78, 5) is 43.5. The average molecular weight is 544 g/mol. The molecule has 2 aromatic carbocycles. The number of nitrogens with one attached hydrogen (secondary N) is 3. The Morgan fingerprint density at radius 2 is 1.82 bits per heavy atom. The van der Waals surface area contributed by atoms with Crippen molar-refractivity contribution in [2.24, 2.45) is 0 Å². The number of benzene rings is 2. The Balaban J connectivity index is 2.06. The number of amides is 3. The Hall–Kier alpha value is -3.63. The minimum Gasteiger partial charge on any atom is -0.444 e. The number of nitrogens with zero attached hydrogens (tertiary/aromatic N) is 2. The van der Waals surface area contributed by atoms with Crippen LogP contribution in [0, 0.1) is 0 Å². The summed E-state index contributed by atoms with van der Waals surface area (Å²) in [5, 5.41) is 18.0. The molecule has 1 aromatic heterocycles. The Bertz CT molecular complexity index is 1400. The lowest BCUT2D eigenvalue weighted by Crippen LogP contribution is -2.46. The number of alkyl carbamates (subject to hydrolysis) is 1. The second-order valence-corrected chi connectivity index (χ2v) is 11.0. The lowest BCUT2D eigenvalue weighted by atomic mass is 10.0. The van der Waals surface area contributed by atoms with Gasteiger partial charge in [-0.05, 0) is 78.3 Å². The smallest absolute Gasteiger partial charge is 0.408 e. The number of carbonyl (C=O) groups excluding carboxylic acids is 2. The summed E-state index contributed by atoms with van der Waals surface area (Å²) in [7, 11) is 0. The van der Waals surface area contributed by atoms with Crippen LogP contribution in [0.5, 0.6) is 0 Å². The fourth-order valence-electron chi connectivity index (χ4n) is 3.83. The number of aromatic nitrogens is 2. The second kappa shape index (κ2) is 11.4. The van der Waals surface area contributed by atoms with Gasteiger partial charge in [0.15, 0.2) is 0 Å². The van der Waals surface area contributed by atoms with E-state index in [2.05, 4.69) is 20.9 Å². The van der Waals surface area contributed by atoms with Crippen LogP contribution in [-0.4, -0.2) is 44.5 Å². The highest BCUT2D eigenvalue weighted by Crippen LogP contribution is 2.24. The lowest BCUT2D eigenvalue weighted by Gasteiger charge is -2.25. The molecule has 0 aliphatic rings. The van der Waals surface area contributed by atoms with E-state index >= 15 is 0 Å². The van der Waals surface area contributed by atoms with Gasteiger partial charge in [-0.1, -0.05) is 23.7 Å². The minimum atomic E-state index is -0.722. The van der Waals surface area contributed by atoms with Gasteiger partial charge in [0.1, 0.15) is 11.4 Å². The minimum absolute atomic E-state index is 0.0680. The molecule has 3 amide bonds. The highest BCUT2D eigenvalue weighted by Gasteiger charge is 2.24. The molecule has 0 aliphatic heterocycles. The largest absolute Gasteiger partial charge is 0.444 e. The van der Waals surface area contributed by atoms with E-state index in [4.69, 9.17) is 16.3 Å². The van der Waals surface area contributed by atoms with Gasteiger partial charge in [-0.25, -0.2) is 14.6 Å². The number of aliphatic hydroxyl groups excluding tert-OH is 1. The molecule has 38 heavy (non-hydrogen) atoms. The van der Waals surface area contributed by atoms with Gasteiger partial charge in [0.05, 0.1) is 27.7 Å². The Morgan fingerprint density at radius 3 is 2.47 bits per heavy atom. The SMILES string of the molecule is C[C@H](NC(=O)OC(C)(C)C)c1nc2cccc(Cl)c2c(=O)n1-c1cccc(NC(=O)NC(C)(C)CCO)c1. The maximum Gasteiger partial charge on any atom is 0.408 e. The molecule has 4 N–H and O–H groups in total. The van der Waals surface area contributed by atoms with Crippen LogP contribution in [-0.2, 0) is 4.74 Å². The number of carbonyl (C=O) groups is 2. The van der Waals surface area contributed by atoms with Crippen molar-refractivity contribution >= 4 is 40.3 Å². The molecule has 0 fully saturated rings. The third-order valence-electron chi connectivity index (χ3n) is 5.54. The Morgan fingerprint density at radius 1 is 1.13 bits per heavy atom. The van der Waals surface area contributed by atoms with Crippen molar-refractivity contribution in [1.29, 1.82) is 0 Å². The fourth-order valence-corrected chi connectivity index (χ4v) is 4.08. The molecule has 0 unspecified atom stereocenters. The number of halogens is 1. The molecular weight excluding hydrogens is 510 g/mol. The molecule has 3 aromatic rings. The highest BCUT2D eigenvalue weighted by atomic mass is 35.5. The molecule has 0 aliphatic carbocycles. The molecule has 0 saturated carbocycles. The normalized spacial score (nSPS) is 12.6. The van der Waals surface area contributed by atoms with Crippen molar-refractivity contribution in [3.63, 3.8) is 0 Å². The molecule has 10 nitrogen and oxygen atoms in total. The summed E-state index contributed by atoms with van der Waals surface area (Å²) in [5.74, 6) is 0.251. The summed E-state index contributed by atoms with van der Waals surface area (Å²) in [6.45, 7) is 10.5. The number of aliphatic hydroxyl groups is 1. The summed E-state index contributed by atoms with van der Waals surface area (Å²) in [5.41, 5.74) is -0.553. The molecule has 1 heterocycles. The number of urea groups is 1. The van der Waals surface area contributed by atoms with Crippen molar-refractivity contribution in [2.75, 3.05) is 11.9 Å². The van der Waals surface area contributed by atoms with Crippen LogP contribution >= 0.6 is 11.6 Å². The van der Waals surface area contributed by atoms with E-state index in [1.165, 1.54) is 4.57 Å². The molecule has 0 radical (unpaired) electrons. The van der Waals surface area contributed by atoms with Crippen LogP contribution in [0.1, 0.15) is 59.8 Å². The van der Waals surface area contributed by atoms with Gasteiger partial charge < -0.3 is 25.8 Å². The number of ether oxygens (including phenoxy) is 1. The zero-order valence-electron chi connectivity index (χ0n) is 22.4. The van der Waals surface area contributed by atoms with Gasteiger partial charge in [-0.2, -0.15) is 0 Å². The topological polar surface area (TPSA) is 135 Å². The van der Waals surface area contributed by atoms with E-state index in [1.807, 2.05) is 0 Å². The van der Waals surface area contributed by atoms with E-state index in [0.29, 0.717) is 23.3 Å². The predicted octanol–water partition coefficient (Wildman–Crippen LogP) is 4.91. The van der Waals surface area contributed by atoms with Crippen molar-refractivity contribution in [3.05, 3.63) is 63.7 Å². The number of hydrogen-bond donors (Lipinski definition) is 4. The van der Waals surface area contributed by atoms with E-state index in [1.54, 1.807) is 84.0 Å². The standard InChI is InChI=1S/C27H34ClN5O5/c1-16(29-25(37)38-26(2,3)4)22-31-20-12-8-11-19(28)21(20)23(35)33(22)18-10-7-9-17(15-18)30-24(36)32-27(5,6)13-14-34/h7-12,15-16,34H,13-14H2,1-6H3,(H,29,37)(H2,30,32,36)/t16-/m0/s1. The Labute approximate surface area is 226 Å².